The second-order valence-electron chi connectivity index (χ2n) is 3.90. The van der Waals surface area contributed by atoms with Gasteiger partial charge in [0, 0.05) is 5.56 Å². The van der Waals surface area contributed by atoms with Crippen molar-refractivity contribution in [2.24, 2.45) is 5.10 Å². The molecule has 21 heavy (non-hydrogen) atoms. The Hall–Kier alpha value is -1.50. The van der Waals surface area contributed by atoms with E-state index in [2.05, 4.69) is 10.5 Å². The van der Waals surface area contributed by atoms with E-state index in [1.54, 1.807) is 49.4 Å². The fraction of sp³-hybridized carbons (Fsp3) is 0.143. The molecule has 0 bridgehead atoms. The number of thioether (sulfide) groups is 1. The van der Waals surface area contributed by atoms with Gasteiger partial charge in [0.15, 0.2) is 5.06 Å². The van der Waals surface area contributed by atoms with Crippen molar-refractivity contribution >= 4 is 46.8 Å². The molecular weight excluding hydrogens is 328 g/mol. The Bertz CT molecular complexity index is 671. The molecule has 1 N–H and O–H groups in total. The van der Waals surface area contributed by atoms with Crippen molar-refractivity contribution in [1.82, 2.24) is 5.43 Å². The van der Waals surface area contributed by atoms with Gasteiger partial charge in [-0.15, -0.1) is 11.8 Å². The van der Waals surface area contributed by atoms with Crippen molar-refractivity contribution in [3.05, 3.63) is 46.5 Å². The molecule has 2 aromatic rings. The summed E-state index contributed by atoms with van der Waals surface area (Å²) >= 11 is 9.11. The zero-order valence-electron chi connectivity index (χ0n) is 11.4. The number of halogens is 1. The standard InChI is InChI=1S/C14H13ClN2O2S2/c1-19-14-9(7-12(20-2)21-14)8-16-17-13(18)10-5-3-4-6-11(10)15/h3-8H,1-2H3,(H,17,18). The van der Waals surface area contributed by atoms with Crippen LogP contribution in [0.25, 0.3) is 0 Å². The zero-order valence-corrected chi connectivity index (χ0v) is 13.8. The first-order valence-corrected chi connectivity index (χ1v) is 8.37. The largest absolute Gasteiger partial charge is 0.487 e. The highest BCUT2D eigenvalue weighted by Crippen LogP contribution is 2.34. The van der Waals surface area contributed by atoms with Crippen LogP contribution in [-0.4, -0.2) is 25.5 Å². The Labute approximate surface area is 136 Å². The highest BCUT2D eigenvalue weighted by molar-refractivity contribution is 8.00. The highest BCUT2D eigenvalue weighted by Gasteiger charge is 2.09. The predicted octanol–water partition coefficient (Wildman–Crippen LogP) is 3.90. The second kappa shape index (κ2) is 7.49. The molecule has 0 aliphatic heterocycles. The van der Waals surface area contributed by atoms with Crippen molar-refractivity contribution in [2.45, 2.75) is 4.21 Å². The maximum atomic E-state index is 11.9. The van der Waals surface area contributed by atoms with Crippen molar-refractivity contribution in [2.75, 3.05) is 13.4 Å². The molecule has 110 valence electrons. The summed E-state index contributed by atoms with van der Waals surface area (Å²) in [5.74, 6) is -0.351. The van der Waals surface area contributed by atoms with Gasteiger partial charge in [0.2, 0.25) is 0 Å². The summed E-state index contributed by atoms with van der Waals surface area (Å²) in [4.78, 5) is 11.9. The minimum atomic E-state index is -0.351. The molecule has 0 unspecified atom stereocenters. The highest BCUT2D eigenvalue weighted by atomic mass is 35.5. The lowest BCUT2D eigenvalue weighted by molar-refractivity contribution is 0.0955. The minimum absolute atomic E-state index is 0.351. The first-order chi connectivity index (χ1) is 10.2. The third kappa shape index (κ3) is 4.00. The topological polar surface area (TPSA) is 50.7 Å². The van der Waals surface area contributed by atoms with Crippen LogP contribution in [0.1, 0.15) is 15.9 Å². The summed E-state index contributed by atoms with van der Waals surface area (Å²) in [5, 5.41) is 5.10. The lowest BCUT2D eigenvalue weighted by Crippen LogP contribution is -2.17. The van der Waals surface area contributed by atoms with Crippen molar-refractivity contribution in [1.29, 1.82) is 0 Å². The molecule has 1 heterocycles. The van der Waals surface area contributed by atoms with Crippen LogP contribution in [0, 0.1) is 0 Å². The maximum absolute atomic E-state index is 11.9. The van der Waals surface area contributed by atoms with E-state index >= 15 is 0 Å². The minimum Gasteiger partial charge on any atom is -0.487 e. The lowest BCUT2D eigenvalue weighted by atomic mass is 10.2. The molecule has 0 saturated carbocycles. The van der Waals surface area contributed by atoms with Gasteiger partial charge in [-0.25, -0.2) is 5.43 Å². The SMILES string of the molecule is COc1sc(SC)cc1C=NNC(=O)c1ccccc1Cl. The Morgan fingerprint density at radius 1 is 1.48 bits per heavy atom. The Morgan fingerprint density at radius 3 is 2.90 bits per heavy atom. The van der Waals surface area contributed by atoms with E-state index in [9.17, 15) is 4.79 Å². The first-order valence-electron chi connectivity index (χ1n) is 5.95. The molecule has 0 radical (unpaired) electrons. The fourth-order valence-electron chi connectivity index (χ4n) is 1.58. The van der Waals surface area contributed by atoms with Crippen LogP contribution < -0.4 is 10.2 Å². The summed E-state index contributed by atoms with van der Waals surface area (Å²) < 4.78 is 6.39. The smallest absolute Gasteiger partial charge is 0.272 e. The van der Waals surface area contributed by atoms with Crippen molar-refractivity contribution in [3.63, 3.8) is 0 Å². The molecule has 0 aliphatic rings. The number of methoxy groups -OCH3 is 1. The zero-order chi connectivity index (χ0) is 15.2. The number of rotatable bonds is 5. The molecule has 0 fully saturated rings. The number of nitrogens with zero attached hydrogens (tertiary/aromatic N) is 1. The quantitative estimate of drug-likeness (QED) is 0.510. The lowest BCUT2D eigenvalue weighted by Gasteiger charge is -2.01. The number of carbonyl (C=O) groups excluding carboxylic acids is 1. The third-order valence-electron chi connectivity index (χ3n) is 2.58. The van der Waals surface area contributed by atoms with Gasteiger partial charge in [0.05, 0.1) is 28.1 Å². The average molecular weight is 341 g/mol. The molecule has 0 aliphatic carbocycles. The van der Waals surface area contributed by atoms with E-state index in [0.717, 1.165) is 14.8 Å². The van der Waals surface area contributed by atoms with Gasteiger partial charge in [-0.1, -0.05) is 35.1 Å². The fourth-order valence-corrected chi connectivity index (χ4v) is 3.29. The van der Waals surface area contributed by atoms with Crippen LogP contribution in [-0.2, 0) is 0 Å². The van der Waals surface area contributed by atoms with Gasteiger partial charge >= 0.3 is 0 Å². The predicted molar refractivity (Wildman–Crippen MR) is 89.2 cm³/mol. The van der Waals surface area contributed by atoms with Crippen LogP contribution in [0.15, 0.2) is 39.6 Å². The number of nitrogens with one attached hydrogen (secondary N) is 1. The van der Waals surface area contributed by atoms with Gasteiger partial charge in [-0.2, -0.15) is 5.10 Å². The molecule has 0 atom stereocenters. The number of thiophene rings is 1. The van der Waals surface area contributed by atoms with Gasteiger partial charge in [-0.3, -0.25) is 4.79 Å². The van der Waals surface area contributed by atoms with Gasteiger partial charge in [0.25, 0.3) is 5.91 Å². The normalized spacial score (nSPS) is 10.8. The number of amides is 1. The summed E-state index contributed by atoms with van der Waals surface area (Å²) in [5.41, 5.74) is 3.67. The molecule has 0 spiro atoms. The number of hydrogen-bond acceptors (Lipinski definition) is 5. The maximum Gasteiger partial charge on any atom is 0.272 e. The number of hydrazone groups is 1. The van der Waals surface area contributed by atoms with E-state index in [4.69, 9.17) is 16.3 Å². The molecule has 2 rings (SSSR count). The average Bonchev–Trinajstić information content (AvgIpc) is 2.90. The number of carbonyl (C=O) groups is 1. The third-order valence-corrected chi connectivity index (χ3v) is 5.08. The van der Waals surface area contributed by atoms with E-state index in [1.165, 1.54) is 11.3 Å². The summed E-state index contributed by atoms with van der Waals surface area (Å²) in [6, 6.07) is 8.77. The molecule has 1 aromatic carbocycles. The molecule has 4 nitrogen and oxygen atoms in total. The Balaban J connectivity index is 2.07. The molecule has 1 aromatic heterocycles. The van der Waals surface area contributed by atoms with Crippen LogP contribution in [0.2, 0.25) is 5.02 Å². The van der Waals surface area contributed by atoms with E-state index in [-0.39, 0.29) is 5.91 Å². The molecule has 0 saturated heterocycles. The van der Waals surface area contributed by atoms with Crippen LogP contribution in [0.5, 0.6) is 5.06 Å². The number of ether oxygens (including phenoxy) is 1. The number of hydrogen-bond donors (Lipinski definition) is 1. The van der Waals surface area contributed by atoms with Crippen LogP contribution in [0.4, 0.5) is 0 Å². The molecular formula is C14H13ClN2O2S2. The monoisotopic (exact) mass is 340 g/mol. The summed E-state index contributed by atoms with van der Waals surface area (Å²) in [6.07, 6.45) is 3.55. The second-order valence-corrected chi connectivity index (χ2v) is 6.42. The Kier molecular flexibility index (Phi) is 5.67. The van der Waals surface area contributed by atoms with Gasteiger partial charge < -0.3 is 4.74 Å². The summed E-state index contributed by atoms with van der Waals surface area (Å²) in [6.45, 7) is 0. The van der Waals surface area contributed by atoms with Gasteiger partial charge in [0.1, 0.15) is 0 Å². The summed E-state index contributed by atoms with van der Waals surface area (Å²) in [7, 11) is 1.61. The molecule has 7 heteroatoms. The van der Waals surface area contributed by atoms with Crippen LogP contribution >= 0.6 is 34.7 Å². The van der Waals surface area contributed by atoms with E-state index in [0.29, 0.717) is 10.6 Å². The Morgan fingerprint density at radius 2 is 2.24 bits per heavy atom. The molecule has 1 amide bonds. The van der Waals surface area contributed by atoms with Gasteiger partial charge in [-0.05, 0) is 24.5 Å². The first kappa shape index (κ1) is 15.9. The van der Waals surface area contributed by atoms with Crippen molar-refractivity contribution in [3.8, 4) is 5.06 Å². The van der Waals surface area contributed by atoms with Crippen molar-refractivity contribution < 1.29 is 9.53 Å². The van der Waals surface area contributed by atoms with E-state index < -0.39 is 0 Å². The van der Waals surface area contributed by atoms with Crippen LogP contribution in [0.3, 0.4) is 0 Å². The number of benzene rings is 1. The van der Waals surface area contributed by atoms with E-state index in [1.807, 2.05) is 12.3 Å².